The second-order valence-corrected chi connectivity index (χ2v) is 5.23. The molecule has 102 valence electrons. The Balaban J connectivity index is 1.93. The summed E-state index contributed by atoms with van der Waals surface area (Å²) in [4.78, 5) is 5.35. The Bertz CT molecular complexity index is 514. The zero-order valence-corrected chi connectivity index (χ0v) is 11.7. The topological polar surface area (TPSA) is 54.4 Å². The van der Waals surface area contributed by atoms with E-state index in [0.717, 1.165) is 34.3 Å². The minimum atomic E-state index is -0.0117. The summed E-state index contributed by atoms with van der Waals surface area (Å²) < 4.78 is 5.71. The molecule has 0 atom stereocenters. The number of aliphatic hydroxyl groups excluding tert-OH is 1. The number of rotatable bonds is 7. The van der Waals surface area contributed by atoms with Crippen molar-refractivity contribution in [1.29, 1.82) is 0 Å². The molecule has 0 saturated carbocycles. The highest BCUT2D eigenvalue weighted by atomic mass is 32.1. The highest BCUT2D eigenvalue weighted by Crippen LogP contribution is 2.22. The van der Waals surface area contributed by atoms with Crippen LogP contribution in [0.5, 0.6) is 5.75 Å². The van der Waals surface area contributed by atoms with Crippen molar-refractivity contribution in [2.75, 3.05) is 11.9 Å². The van der Waals surface area contributed by atoms with Gasteiger partial charge in [-0.2, -0.15) is 0 Å². The second kappa shape index (κ2) is 7.11. The maximum absolute atomic E-state index is 9.22. The van der Waals surface area contributed by atoms with Gasteiger partial charge in [-0.25, -0.2) is 4.98 Å². The van der Waals surface area contributed by atoms with Gasteiger partial charge in [-0.05, 0) is 12.5 Å². The van der Waals surface area contributed by atoms with Gasteiger partial charge in [-0.3, -0.25) is 0 Å². The maximum atomic E-state index is 9.22. The number of ether oxygens (including phenoxy) is 1. The number of nitrogens with zero attached hydrogens (tertiary/aromatic N) is 1. The smallest absolute Gasteiger partial charge is 0.182 e. The molecule has 4 nitrogen and oxygen atoms in total. The van der Waals surface area contributed by atoms with Crippen LogP contribution >= 0.6 is 11.3 Å². The summed E-state index contributed by atoms with van der Waals surface area (Å²) in [5, 5.41) is 13.4. The average Bonchev–Trinajstić information content (AvgIpc) is 2.91. The summed E-state index contributed by atoms with van der Waals surface area (Å²) in [7, 11) is 0. The molecule has 0 aliphatic heterocycles. The van der Waals surface area contributed by atoms with Crippen LogP contribution in [0.4, 0.5) is 5.13 Å². The van der Waals surface area contributed by atoms with E-state index in [1.807, 2.05) is 30.5 Å². The van der Waals surface area contributed by atoms with Gasteiger partial charge in [0.25, 0.3) is 0 Å². The third-order valence-corrected chi connectivity index (χ3v) is 3.52. The van der Waals surface area contributed by atoms with Crippen molar-refractivity contribution in [2.24, 2.45) is 0 Å². The number of aliphatic hydroxyl groups is 1. The van der Waals surface area contributed by atoms with Gasteiger partial charge in [0.2, 0.25) is 0 Å². The number of benzene rings is 1. The van der Waals surface area contributed by atoms with Crippen LogP contribution in [-0.4, -0.2) is 16.6 Å². The molecular formula is C14H18N2O2S. The molecule has 0 unspecified atom stereocenters. The molecule has 0 aliphatic carbocycles. The zero-order chi connectivity index (χ0) is 13.5. The van der Waals surface area contributed by atoms with Crippen LogP contribution in [-0.2, 0) is 13.2 Å². The van der Waals surface area contributed by atoms with Crippen molar-refractivity contribution < 1.29 is 9.84 Å². The molecule has 1 aromatic carbocycles. The number of anilines is 1. The number of hydrogen-bond donors (Lipinski definition) is 2. The first kappa shape index (κ1) is 13.8. The van der Waals surface area contributed by atoms with Gasteiger partial charge >= 0.3 is 0 Å². The molecule has 0 bridgehead atoms. The Hall–Kier alpha value is -1.59. The Labute approximate surface area is 117 Å². The molecule has 0 radical (unpaired) electrons. The molecule has 0 saturated heterocycles. The highest BCUT2D eigenvalue weighted by Gasteiger charge is 2.05. The fourth-order valence-corrected chi connectivity index (χ4v) is 2.36. The van der Waals surface area contributed by atoms with Crippen molar-refractivity contribution in [3.8, 4) is 5.75 Å². The number of hydrogen-bond acceptors (Lipinski definition) is 5. The fourth-order valence-electron chi connectivity index (χ4n) is 1.61. The van der Waals surface area contributed by atoms with E-state index in [1.54, 1.807) is 11.3 Å². The fraction of sp³-hybridized carbons (Fsp3) is 0.357. The van der Waals surface area contributed by atoms with Crippen molar-refractivity contribution in [3.63, 3.8) is 0 Å². The number of nitrogens with one attached hydrogen (secondary N) is 1. The average molecular weight is 278 g/mol. The van der Waals surface area contributed by atoms with E-state index in [9.17, 15) is 5.11 Å². The molecule has 2 N–H and O–H groups in total. The molecule has 0 aliphatic rings. The van der Waals surface area contributed by atoms with Crippen LogP contribution in [0.2, 0.25) is 0 Å². The molecule has 2 rings (SSSR count). The summed E-state index contributed by atoms with van der Waals surface area (Å²) >= 11 is 1.60. The lowest BCUT2D eigenvalue weighted by molar-refractivity contribution is 0.260. The first-order valence-corrected chi connectivity index (χ1v) is 7.15. The van der Waals surface area contributed by atoms with Gasteiger partial charge in [-0.1, -0.05) is 36.5 Å². The van der Waals surface area contributed by atoms with Crippen LogP contribution in [0.25, 0.3) is 0 Å². The quantitative estimate of drug-likeness (QED) is 0.817. The molecule has 19 heavy (non-hydrogen) atoms. The Morgan fingerprint density at radius 3 is 3.00 bits per heavy atom. The lowest BCUT2D eigenvalue weighted by Crippen LogP contribution is -1.98. The van der Waals surface area contributed by atoms with E-state index in [1.165, 1.54) is 0 Å². The van der Waals surface area contributed by atoms with E-state index in [-0.39, 0.29) is 6.61 Å². The Kier molecular flexibility index (Phi) is 5.18. The van der Waals surface area contributed by atoms with Crippen molar-refractivity contribution in [1.82, 2.24) is 4.98 Å². The third kappa shape index (κ3) is 3.94. The van der Waals surface area contributed by atoms with Crippen LogP contribution < -0.4 is 10.1 Å². The van der Waals surface area contributed by atoms with E-state index in [0.29, 0.717) is 6.61 Å². The van der Waals surface area contributed by atoms with Crippen molar-refractivity contribution in [2.45, 2.75) is 26.6 Å². The minimum absolute atomic E-state index is 0.0117. The van der Waals surface area contributed by atoms with Gasteiger partial charge < -0.3 is 15.2 Å². The minimum Gasteiger partial charge on any atom is -0.488 e. The SMILES string of the molecule is CCCNc1ncc(COc2ccccc2CO)s1. The second-order valence-electron chi connectivity index (χ2n) is 4.11. The van der Waals surface area contributed by atoms with Gasteiger partial charge in [0.05, 0.1) is 11.5 Å². The van der Waals surface area contributed by atoms with E-state index in [2.05, 4.69) is 17.2 Å². The zero-order valence-electron chi connectivity index (χ0n) is 10.9. The van der Waals surface area contributed by atoms with Gasteiger partial charge in [0, 0.05) is 18.3 Å². The first-order chi connectivity index (χ1) is 9.33. The van der Waals surface area contributed by atoms with Gasteiger partial charge in [-0.15, -0.1) is 0 Å². The summed E-state index contributed by atoms with van der Waals surface area (Å²) in [5.74, 6) is 0.724. The summed E-state index contributed by atoms with van der Waals surface area (Å²) in [6.07, 6.45) is 2.90. The molecular weight excluding hydrogens is 260 g/mol. The molecule has 1 aromatic heterocycles. The van der Waals surface area contributed by atoms with Crippen LogP contribution in [0, 0.1) is 0 Å². The molecule has 0 fully saturated rings. The van der Waals surface area contributed by atoms with Crippen LogP contribution in [0.3, 0.4) is 0 Å². The highest BCUT2D eigenvalue weighted by molar-refractivity contribution is 7.15. The molecule has 0 spiro atoms. The summed E-state index contributed by atoms with van der Waals surface area (Å²) in [5.41, 5.74) is 0.802. The molecule has 2 aromatic rings. The van der Waals surface area contributed by atoms with E-state index in [4.69, 9.17) is 4.74 Å². The van der Waals surface area contributed by atoms with Crippen LogP contribution in [0.15, 0.2) is 30.5 Å². The normalized spacial score (nSPS) is 10.4. The maximum Gasteiger partial charge on any atom is 0.182 e. The molecule has 0 amide bonds. The van der Waals surface area contributed by atoms with Gasteiger partial charge in [0.15, 0.2) is 5.13 Å². The Morgan fingerprint density at radius 1 is 1.37 bits per heavy atom. The monoisotopic (exact) mass is 278 g/mol. The number of aromatic nitrogens is 1. The first-order valence-electron chi connectivity index (χ1n) is 6.33. The van der Waals surface area contributed by atoms with Crippen molar-refractivity contribution >= 4 is 16.5 Å². The van der Waals surface area contributed by atoms with E-state index < -0.39 is 0 Å². The predicted molar refractivity (Wildman–Crippen MR) is 77.6 cm³/mol. The summed E-state index contributed by atoms with van der Waals surface area (Å²) in [6, 6.07) is 7.51. The summed E-state index contributed by atoms with van der Waals surface area (Å²) in [6.45, 7) is 3.52. The molecule has 1 heterocycles. The lowest BCUT2D eigenvalue weighted by atomic mass is 10.2. The Morgan fingerprint density at radius 2 is 2.21 bits per heavy atom. The standard InChI is InChI=1S/C14H18N2O2S/c1-2-7-15-14-16-8-12(19-14)10-18-13-6-4-3-5-11(13)9-17/h3-6,8,17H,2,7,9-10H2,1H3,(H,15,16). The molecule has 5 heteroatoms. The van der Waals surface area contributed by atoms with E-state index >= 15 is 0 Å². The van der Waals surface area contributed by atoms with Gasteiger partial charge in [0.1, 0.15) is 12.4 Å². The van der Waals surface area contributed by atoms with Crippen molar-refractivity contribution in [3.05, 3.63) is 40.9 Å². The third-order valence-electron chi connectivity index (χ3n) is 2.59. The largest absolute Gasteiger partial charge is 0.488 e. The number of para-hydroxylation sites is 1. The number of thiazole rings is 1. The van der Waals surface area contributed by atoms with Crippen LogP contribution in [0.1, 0.15) is 23.8 Å². The lowest BCUT2D eigenvalue weighted by Gasteiger charge is -2.08. The predicted octanol–water partition coefficient (Wildman–Crippen LogP) is 3.04.